The summed E-state index contributed by atoms with van der Waals surface area (Å²) in [6, 6.07) is -5.58. The fourth-order valence-corrected chi connectivity index (χ4v) is 13.2. The summed E-state index contributed by atoms with van der Waals surface area (Å²) in [7, 11) is -2.89. The third-order valence-electron chi connectivity index (χ3n) is 19.7. The van der Waals surface area contributed by atoms with Crippen LogP contribution in [0.4, 0.5) is 0 Å². The zero-order valence-electron chi connectivity index (χ0n) is 76.5. The standard InChI is InChI=1S/C81H150N9O41P/c1-56(94)86-68-74(104)71(101)61(53-91)129-79(68)125-50-47-122-44-41-118-35-30-113-25-16-65(98)83-20-10-7-13-59(77(107)85-22-28-116-33-38-121-40-39-117-34-29-112-24-15-64(97)82-19-9-5-6-12-23-128-132(109,110)111-4)90-78(108)60(89-67(100)18-27-115-32-37-120-43-46-124-49-52-127-81-70(88-58(3)96)76(106)73(103)63(55-93)131-81)14-8-11-21-84-66(99)17-26-114-31-36-119-42-45-123-48-51-126-80-69(87-57(2)95)75(105)72(102)62(54-92)130-80/h59-63,68-76,79-81,91-93,101-106H,5-55H2,1-4H3,(H,82,97)(H,83,98)(H,84,99)(H,85,107)(H,86,94)(H,87,95)(H,88,96)(H,89,100)(H,90,108)(H,109,110)/t59-,60-,61?,62?,63?,68?,69?,70?,71?,72?,73?,74?,75?,76?,79?,80?,81?/m0/s1. The Hall–Kier alpha value is -5.78. The molecule has 0 bridgehead atoms. The largest absolute Gasteiger partial charge is 0.471 e. The first-order valence-electron chi connectivity index (χ1n) is 44.9. The van der Waals surface area contributed by atoms with Gasteiger partial charge in [0, 0.05) is 79.7 Å². The highest BCUT2D eigenvalue weighted by atomic mass is 31.2. The van der Waals surface area contributed by atoms with E-state index in [4.69, 9.17) is 94.5 Å². The van der Waals surface area contributed by atoms with Crippen LogP contribution in [0.2, 0.25) is 0 Å². The van der Waals surface area contributed by atoms with Crippen LogP contribution >= 0.6 is 7.82 Å². The van der Waals surface area contributed by atoms with Gasteiger partial charge in [-0.25, -0.2) is 4.57 Å². The quantitative estimate of drug-likeness (QED) is 0.0199. The van der Waals surface area contributed by atoms with Crippen molar-refractivity contribution in [2.24, 2.45) is 0 Å². The van der Waals surface area contributed by atoms with E-state index in [1.807, 2.05) is 0 Å². The number of phosphoric acid groups is 1. The van der Waals surface area contributed by atoms with E-state index in [2.05, 4.69) is 52.4 Å². The van der Waals surface area contributed by atoms with E-state index in [9.17, 15) is 98.6 Å². The minimum atomic E-state index is -3.98. The van der Waals surface area contributed by atoms with E-state index in [1.54, 1.807) is 0 Å². The maximum Gasteiger partial charge on any atom is 0.471 e. The highest BCUT2D eigenvalue weighted by molar-refractivity contribution is 7.47. The fraction of sp³-hybridized carbons (Fsp3) is 0.889. The molecule has 0 aromatic heterocycles. The zero-order chi connectivity index (χ0) is 96.8. The number of hydrogen-bond donors (Lipinski definition) is 19. The van der Waals surface area contributed by atoms with Gasteiger partial charge in [-0.15, -0.1) is 0 Å². The molecule has 0 aromatic carbocycles. The molecule has 18 atom stereocenters. The number of rotatable bonds is 83. The van der Waals surface area contributed by atoms with Gasteiger partial charge in [0.25, 0.3) is 0 Å². The molecule has 3 heterocycles. The number of aliphatic hydroxyl groups is 9. The highest BCUT2D eigenvalue weighted by Gasteiger charge is 2.48. The van der Waals surface area contributed by atoms with Crippen LogP contribution in [0.5, 0.6) is 0 Å². The molecule has 19 N–H and O–H groups in total. The number of amides is 9. The number of aliphatic hydroxyl groups excluding tert-OH is 9. The van der Waals surface area contributed by atoms with Crippen molar-refractivity contribution in [2.45, 2.75) is 215 Å². The lowest BCUT2D eigenvalue weighted by Crippen LogP contribution is -2.64. The van der Waals surface area contributed by atoms with Crippen LogP contribution in [0.15, 0.2) is 0 Å². The molecule has 3 rings (SSSR count). The van der Waals surface area contributed by atoms with Gasteiger partial charge in [0.2, 0.25) is 53.2 Å². The maximum atomic E-state index is 14.4. The first-order chi connectivity index (χ1) is 63.7. The van der Waals surface area contributed by atoms with E-state index >= 15 is 0 Å². The first kappa shape index (κ1) is 120. The van der Waals surface area contributed by atoms with Crippen LogP contribution in [0.3, 0.4) is 0 Å². The predicted molar refractivity (Wildman–Crippen MR) is 458 cm³/mol. The van der Waals surface area contributed by atoms with Gasteiger partial charge in [-0.05, 0) is 51.4 Å². The molecule has 0 radical (unpaired) electrons. The predicted octanol–water partition coefficient (Wildman–Crippen LogP) is -7.26. The molecule has 0 aliphatic carbocycles. The normalized spacial score (nSPS) is 22.9. The van der Waals surface area contributed by atoms with Gasteiger partial charge in [0.1, 0.15) is 85.1 Å². The number of phosphoric ester groups is 1. The molecule has 770 valence electrons. The Balaban J connectivity index is 1.51. The van der Waals surface area contributed by atoms with Crippen molar-refractivity contribution in [2.75, 3.05) is 251 Å². The second-order valence-corrected chi connectivity index (χ2v) is 31.8. The third-order valence-corrected chi connectivity index (χ3v) is 20.7. The monoisotopic (exact) mass is 1940 g/mol. The number of nitrogens with one attached hydrogen (secondary N) is 9. The van der Waals surface area contributed by atoms with Gasteiger partial charge in [0.15, 0.2) is 18.9 Å². The van der Waals surface area contributed by atoms with Crippen molar-refractivity contribution < 1.29 is 198 Å². The van der Waals surface area contributed by atoms with Gasteiger partial charge in [0.05, 0.1) is 218 Å². The van der Waals surface area contributed by atoms with Gasteiger partial charge < -0.3 is 189 Å². The number of unbranched alkanes of at least 4 members (excludes halogenated alkanes) is 5. The molecule has 3 fully saturated rings. The van der Waals surface area contributed by atoms with Crippen LogP contribution in [-0.2, 0) is 147 Å². The summed E-state index contributed by atoms with van der Waals surface area (Å²) in [6.45, 7) is 6.85. The van der Waals surface area contributed by atoms with Crippen LogP contribution in [0.1, 0.15) is 111 Å². The average molecular weight is 1940 g/mol. The van der Waals surface area contributed by atoms with Crippen LogP contribution in [-0.4, -0.2) is 459 Å². The van der Waals surface area contributed by atoms with Crippen LogP contribution in [0.25, 0.3) is 0 Å². The molecule has 51 heteroatoms. The van der Waals surface area contributed by atoms with E-state index in [0.717, 1.165) is 26.4 Å². The summed E-state index contributed by atoms with van der Waals surface area (Å²) in [5, 5.41) is 115. The molecule has 50 nitrogen and oxygen atoms in total. The Morgan fingerprint density at radius 1 is 0.311 bits per heavy atom. The van der Waals surface area contributed by atoms with Crippen molar-refractivity contribution >= 4 is 61.0 Å². The Morgan fingerprint density at radius 3 is 0.886 bits per heavy atom. The molecule has 3 aliphatic heterocycles. The number of carbonyl (C=O) groups is 9. The number of ether oxygens (including phenoxy) is 19. The Morgan fingerprint density at radius 2 is 0.583 bits per heavy atom. The summed E-state index contributed by atoms with van der Waals surface area (Å²) in [5.74, 6) is -4.02. The van der Waals surface area contributed by atoms with Crippen LogP contribution in [0, 0.1) is 0 Å². The lowest BCUT2D eigenvalue weighted by atomic mass is 9.97. The summed E-state index contributed by atoms with van der Waals surface area (Å²) in [5.41, 5.74) is 0. The Labute approximate surface area is 769 Å². The minimum Gasteiger partial charge on any atom is -0.394 e. The summed E-state index contributed by atoms with van der Waals surface area (Å²) in [4.78, 5) is 124. The Bertz CT molecular complexity index is 3110. The van der Waals surface area contributed by atoms with Gasteiger partial charge in [-0.1, -0.05) is 12.8 Å². The highest BCUT2D eigenvalue weighted by Crippen LogP contribution is 2.42. The topological polar surface area (TPSA) is 675 Å². The van der Waals surface area contributed by atoms with E-state index in [-0.39, 0.29) is 274 Å². The molecular formula is C81H150N9O41P. The van der Waals surface area contributed by atoms with E-state index in [1.165, 1.54) is 20.8 Å². The zero-order valence-corrected chi connectivity index (χ0v) is 77.3. The maximum absolute atomic E-state index is 14.4. The molecule has 132 heavy (non-hydrogen) atoms. The van der Waals surface area contributed by atoms with Crippen LogP contribution < -0.4 is 47.9 Å². The van der Waals surface area contributed by atoms with Crippen molar-refractivity contribution in [1.82, 2.24) is 47.9 Å². The first-order valence-corrected chi connectivity index (χ1v) is 46.4. The second-order valence-electron chi connectivity index (χ2n) is 30.3. The molecule has 0 spiro atoms. The summed E-state index contributed by atoms with van der Waals surface area (Å²) < 4.78 is 126. The van der Waals surface area contributed by atoms with E-state index in [0.29, 0.717) is 38.6 Å². The van der Waals surface area contributed by atoms with Crippen molar-refractivity contribution in [3.63, 3.8) is 0 Å². The van der Waals surface area contributed by atoms with Gasteiger partial charge in [-0.2, -0.15) is 0 Å². The summed E-state index contributed by atoms with van der Waals surface area (Å²) in [6.07, 6.45) is -11.1. The van der Waals surface area contributed by atoms with Crippen molar-refractivity contribution in [1.29, 1.82) is 0 Å². The average Bonchev–Trinajstić information content (AvgIpc) is 0.816. The fourth-order valence-electron chi connectivity index (χ4n) is 12.7. The SMILES string of the molecule is COP(=O)(O)OCCCCCCNC(=O)CCOCCOCCOCCOCCNC(=O)[C@H](CCCCNC(=O)CCOCCOCCOCCOC1OC(CO)C(O)C(O)C1NC(C)=O)NC(=O)[C@H](CCCCNC(=O)CCOCCOCCOCCOC1OC(CO)C(O)C(O)C1NC(C)=O)NC(=O)CCOCCOCCOCCOC1OC(CO)C(O)C(O)C1NC(C)=O. The summed E-state index contributed by atoms with van der Waals surface area (Å²) >= 11 is 0. The molecule has 16 unspecified atom stereocenters. The number of hydrogen-bond acceptors (Lipinski definition) is 40. The second kappa shape index (κ2) is 76.2. The van der Waals surface area contributed by atoms with E-state index < -0.39 is 167 Å². The molecule has 3 saturated heterocycles. The molecule has 0 saturated carbocycles. The molecule has 9 amide bonds. The molecule has 3 aliphatic rings. The molecule has 0 aromatic rings. The van der Waals surface area contributed by atoms with Crippen molar-refractivity contribution in [3.05, 3.63) is 0 Å². The minimum absolute atomic E-state index is 0.0126. The lowest BCUT2D eigenvalue weighted by Gasteiger charge is -2.42. The number of carbonyl (C=O) groups excluding carboxylic acids is 9. The van der Waals surface area contributed by atoms with Gasteiger partial charge in [-0.3, -0.25) is 52.2 Å². The third kappa shape index (κ3) is 56.8. The molecular weight excluding hydrogens is 1790 g/mol. The van der Waals surface area contributed by atoms with Gasteiger partial charge >= 0.3 is 7.82 Å². The smallest absolute Gasteiger partial charge is 0.394 e. The Kier molecular flexibility index (Phi) is 69.5. The lowest BCUT2D eigenvalue weighted by molar-refractivity contribution is -0.272. The van der Waals surface area contributed by atoms with Crippen molar-refractivity contribution in [3.8, 4) is 0 Å².